The third-order valence-corrected chi connectivity index (χ3v) is 3.79. The topological polar surface area (TPSA) is 27.1 Å². The predicted octanol–water partition coefficient (Wildman–Crippen LogP) is 4.48. The second-order valence-corrected chi connectivity index (χ2v) is 5.99. The zero-order chi connectivity index (χ0) is 13.7. The molecule has 1 aromatic rings. The molecule has 104 valence electrons. The van der Waals surface area contributed by atoms with Crippen LogP contribution in [-0.2, 0) is 0 Å². The first-order valence-corrected chi connectivity index (χ1v) is 7.60. The lowest BCUT2D eigenvalue weighted by atomic mass is 9.98. The molecule has 0 unspecified atom stereocenters. The largest absolute Gasteiger partial charge is 0.371 e. The Morgan fingerprint density at radius 2 is 1.74 bits per heavy atom. The van der Waals surface area contributed by atoms with Crippen molar-refractivity contribution in [3.63, 3.8) is 0 Å². The van der Waals surface area contributed by atoms with E-state index in [4.69, 9.17) is 5.41 Å². The molecule has 0 bridgehead atoms. The minimum absolute atomic E-state index is 0.546. The van der Waals surface area contributed by atoms with Gasteiger partial charge in [-0.1, -0.05) is 44.9 Å². The van der Waals surface area contributed by atoms with E-state index in [0.717, 1.165) is 30.8 Å². The van der Waals surface area contributed by atoms with E-state index in [1.165, 1.54) is 31.4 Å². The van der Waals surface area contributed by atoms with Crippen molar-refractivity contribution in [2.45, 2.75) is 46.0 Å². The highest BCUT2D eigenvalue weighted by Gasteiger charge is 2.15. The van der Waals surface area contributed by atoms with Crippen LogP contribution in [0.4, 0.5) is 5.69 Å². The van der Waals surface area contributed by atoms with Crippen molar-refractivity contribution in [3.8, 4) is 0 Å². The molecule has 2 nitrogen and oxygen atoms in total. The first-order valence-electron chi connectivity index (χ1n) is 7.60. The monoisotopic (exact) mass is 258 g/mol. The molecule has 0 atom stereocenters. The number of para-hydroxylation sites is 1. The Balaban J connectivity index is 2.21. The van der Waals surface area contributed by atoms with Gasteiger partial charge in [-0.2, -0.15) is 0 Å². The summed E-state index contributed by atoms with van der Waals surface area (Å²) in [6, 6.07) is 8.47. The molecule has 0 aromatic heterocycles. The van der Waals surface area contributed by atoms with Crippen molar-refractivity contribution in [3.05, 3.63) is 29.8 Å². The second kappa shape index (κ2) is 6.74. The van der Waals surface area contributed by atoms with Crippen molar-refractivity contribution >= 4 is 11.4 Å². The molecule has 1 heterocycles. The van der Waals surface area contributed by atoms with Gasteiger partial charge >= 0.3 is 0 Å². The van der Waals surface area contributed by atoms with Crippen LogP contribution in [-0.4, -0.2) is 18.8 Å². The zero-order valence-electron chi connectivity index (χ0n) is 12.3. The molecule has 0 radical (unpaired) electrons. The number of hydrogen-bond acceptors (Lipinski definition) is 2. The summed E-state index contributed by atoms with van der Waals surface area (Å²) in [6.07, 6.45) is 6.13. The smallest absolute Gasteiger partial charge is 0.0458 e. The van der Waals surface area contributed by atoms with Gasteiger partial charge in [0.2, 0.25) is 0 Å². The third-order valence-electron chi connectivity index (χ3n) is 3.79. The van der Waals surface area contributed by atoms with E-state index in [2.05, 4.69) is 43.0 Å². The summed E-state index contributed by atoms with van der Waals surface area (Å²) >= 11 is 0. The van der Waals surface area contributed by atoms with Crippen LogP contribution in [0.5, 0.6) is 0 Å². The fraction of sp³-hybridized carbons (Fsp3) is 0.588. The van der Waals surface area contributed by atoms with E-state index in [1.54, 1.807) is 0 Å². The van der Waals surface area contributed by atoms with Crippen molar-refractivity contribution < 1.29 is 0 Å². The molecule has 2 heteroatoms. The van der Waals surface area contributed by atoms with Gasteiger partial charge in [0.25, 0.3) is 0 Å². The first kappa shape index (κ1) is 14.1. The molecule has 1 N–H and O–H groups in total. The normalized spacial score (nSPS) is 16.5. The summed E-state index contributed by atoms with van der Waals surface area (Å²) in [5.74, 6) is 0.546. The fourth-order valence-electron chi connectivity index (χ4n) is 2.83. The van der Waals surface area contributed by atoms with Crippen LogP contribution in [0.25, 0.3) is 0 Å². The number of rotatable bonds is 4. The van der Waals surface area contributed by atoms with E-state index >= 15 is 0 Å². The zero-order valence-corrected chi connectivity index (χ0v) is 12.3. The molecule has 0 saturated carbocycles. The van der Waals surface area contributed by atoms with Crippen LogP contribution >= 0.6 is 0 Å². The van der Waals surface area contributed by atoms with Crippen LogP contribution in [0.1, 0.15) is 51.5 Å². The minimum atomic E-state index is 0.546. The van der Waals surface area contributed by atoms with Crippen molar-refractivity contribution in [1.82, 2.24) is 0 Å². The third kappa shape index (κ3) is 3.82. The Morgan fingerprint density at radius 1 is 1.11 bits per heavy atom. The van der Waals surface area contributed by atoms with Crippen molar-refractivity contribution in [2.75, 3.05) is 18.0 Å². The van der Waals surface area contributed by atoms with E-state index < -0.39 is 0 Å². The molecule has 1 saturated heterocycles. The molecular formula is C17H26N2. The van der Waals surface area contributed by atoms with E-state index in [1.807, 2.05) is 0 Å². The number of benzene rings is 1. The molecule has 1 aliphatic heterocycles. The van der Waals surface area contributed by atoms with Gasteiger partial charge in [-0.3, -0.25) is 0 Å². The molecule has 1 fully saturated rings. The molecular weight excluding hydrogens is 232 g/mol. The van der Waals surface area contributed by atoms with Gasteiger partial charge in [-0.25, -0.2) is 0 Å². The average Bonchev–Trinajstić information content (AvgIpc) is 2.66. The molecule has 2 rings (SSSR count). The quantitative estimate of drug-likeness (QED) is 0.792. The number of nitrogens with zero attached hydrogens (tertiary/aromatic N) is 1. The van der Waals surface area contributed by atoms with Gasteiger partial charge in [0, 0.05) is 30.1 Å². The Labute approximate surface area is 117 Å². The maximum absolute atomic E-state index is 8.35. The van der Waals surface area contributed by atoms with Crippen LogP contribution in [0.15, 0.2) is 24.3 Å². The van der Waals surface area contributed by atoms with Gasteiger partial charge < -0.3 is 10.3 Å². The molecule has 0 aliphatic carbocycles. The Morgan fingerprint density at radius 3 is 2.37 bits per heavy atom. The van der Waals surface area contributed by atoms with Crippen LogP contribution in [0.2, 0.25) is 0 Å². The summed E-state index contributed by atoms with van der Waals surface area (Å²) in [5.41, 5.74) is 3.20. The van der Waals surface area contributed by atoms with Gasteiger partial charge in [-0.15, -0.1) is 0 Å². The summed E-state index contributed by atoms with van der Waals surface area (Å²) in [7, 11) is 0. The van der Waals surface area contributed by atoms with Gasteiger partial charge in [-0.05, 0) is 31.2 Å². The first-order chi connectivity index (χ1) is 9.18. The van der Waals surface area contributed by atoms with Gasteiger partial charge in [0.05, 0.1) is 0 Å². The Bertz CT molecular complexity index is 415. The minimum Gasteiger partial charge on any atom is -0.371 e. The van der Waals surface area contributed by atoms with Gasteiger partial charge in [0.1, 0.15) is 0 Å². The second-order valence-electron chi connectivity index (χ2n) is 5.99. The van der Waals surface area contributed by atoms with E-state index in [9.17, 15) is 0 Å². The lowest BCUT2D eigenvalue weighted by molar-refractivity contribution is 0.682. The molecule has 1 aliphatic rings. The molecule has 0 amide bonds. The maximum atomic E-state index is 8.35. The van der Waals surface area contributed by atoms with Crippen molar-refractivity contribution in [1.29, 1.82) is 5.41 Å². The van der Waals surface area contributed by atoms with Crippen LogP contribution in [0, 0.1) is 11.3 Å². The van der Waals surface area contributed by atoms with Crippen molar-refractivity contribution in [2.24, 2.45) is 5.92 Å². The Hall–Kier alpha value is -1.31. The summed E-state index contributed by atoms with van der Waals surface area (Å²) in [4.78, 5) is 2.48. The standard InChI is InChI=1S/C17H26N2/c1-14(2)13-16(18)15-9-5-6-10-17(15)19-11-7-3-4-8-12-19/h5-6,9-10,14,18H,3-4,7-8,11-13H2,1-2H3. The van der Waals surface area contributed by atoms with E-state index in [0.29, 0.717) is 5.92 Å². The number of anilines is 1. The number of hydrogen-bond donors (Lipinski definition) is 1. The highest BCUT2D eigenvalue weighted by molar-refractivity contribution is 6.03. The van der Waals surface area contributed by atoms with Gasteiger partial charge in [0.15, 0.2) is 0 Å². The molecule has 19 heavy (non-hydrogen) atoms. The summed E-state index contributed by atoms with van der Waals surface area (Å²) in [6.45, 7) is 6.66. The average molecular weight is 258 g/mol. The van der Waals surface area contributed by atoms with E-state index in [-0.39, 0.29) is 0 Å². The maximum Gasteiger partial charge on any atom is 0.0458 e. The summed E-state index contributed by atoms with van der Waals surface area (Å²) < 4.78 is 0. The highest BCUT2D eigenvalue weighted by Crippen LogP contribution is 2.25. The lowest BCUT2D eigenvalue weighted by Gasteiger charge is -2.26. The van der Waals surface area contributed by atoms with Crippen LogP contribution in [0.3, 0.4) is 0 Å². The summed E-state index contributed by atoms with van der Waals surface area (Å²) in [5, 5.41) is 8.35. The number of nitrogens with one attached hydrogen (secondary N) is 1. The lowest BCUT2D eigenvalue weighted by Crippen LogP contribution is -2.26. The highest BCUT2D eigenvalue weighted by atomic mass is 15.1. The fourth-order valence-corrected chi connectivity index (χ4v) is 2.83. The SMILES string of the molecule is CC(C)CC(=N)c1ccccc1N1CCCCCC1. The Kier molecular flexibility index (Phi) is 5.00. The predicted molar refractivity (Wildman–Crippen MR) is 83.4 cm³/mol. The van der Waals surface area contributed by atoms with Crippen LogP contribution < -0.4 is 4.90 Å². The molecule has 0 spiro atoms. The molecule has 1 aromatic carbocycles.